The van der Waals surface area contributed by atoms with E-state index in [4.69, 9.17) is 14.2 Å². The van der Waals surface area contributed by atoms with Gasteiger partial charge in [0.25, 0.3) is 0 Å². The van der Waals surface area contributed by atoms with Crippen molar-refractivity contribution in [1.29, 1.82) is 0 Å². The van der Waals surface area contributed by atoms with Gasteiger partial charge in [0.1, 0.15) is 30.0 Å². The Hall–Kier alpha value is -2.04. The Bertz CT molecular complexity index is 525. The zero-order valence-corrected chi connectivity index (χ0v) is 14.8. The molecule has 0 fully saturated rings. The van der Waals surface area contributed by atoms with E-state index in [2.05, 4.69) is 0 Å². The van der Waals surface area contributed by atoms with E-state index in [0.29, 0.717) is 13.2 Å². The standard InChI is InChI=1S/C18H22O4.C2H6/c1-2-12-20-18(13-19)14-21-15-8-10-17(11-9-15)22-16-6-4-3-5-7-16;1-2/h3-11,18-19H,2,12-14H2,1H3;1-2H3. The van der Waals surface area contributed by atoms with Crippen molar-refractivity contribution < 1.29 is 19.3 Å². The topological polar surface area (TPSA) is 47.9 Å². The van der Waals surface area contributed by atoms with E-state index in [-0.39, 0.29) is 12.7 Å². The number of hydrogen-bond donors (Lipinski definition) is 1. The van der Waals surface area contributed by atoms with E-state index in [1.165, 1.54) is 0 Å². The SMILES string of the molecule is CC.CCCOC(CO)COc1ccc(Oc2ccccc2)cc1. The predicted octanol–water partition coefficient (Wildman–Crippen LogP) is 4.67. The zero-order chi connectivity index (χ0) is 17.6. The van der Waals surface area contributed by atoms with E-state index in [1.807, 2.05) is 75.4 Å². The molecule has 0 aliphatic carbocycles. The number of para-hydroxylation sites is 1. The quantitative estimate of drug-likeness (QED) is 0.725. The minimum atomic E-state index is -0.291. The number of aliphatic hydroxyl groups is 1. The minimum absolute atomic E-state index is 0.0464. The van der Waals surface area contributed by atoms with E-state index in [0.717, 1.165) is 23.7 Å². The molecule has 4 nitrogen and oxygen atoms in total. The van der Waals surface area contributed by atoms with Gasteiger partial charge in [0.05, 0.1) is 6.61 Å². The van der Waals surface area contributed by atoms with Gasteiger partial charge in [-0.15, -0.1) is 0 Å². The van der Waals surface area contributed by atoms with E-state index in [1.54, 1.807) is 0 Å². The van der Waals surface area contributed by atoms with Crippen LogP contribution in [0.2, 0.25) is 0 Å². The Morgan fingerprint density at radius 2 is 1.46 bits per heavy atom. The molecule has 4 heteroatoms. The van der Waals surface area contributed by atoms with Crippen LogP contribution in [0, 0.1) is 0 Å². The van der Waals surface area contributed by atoms with E-state index in [9.17, 15) is 5.11 Å². The molecule has 132 valence electrons. The zero-order valence-electron chi connectivity index (χ0n) is 14.8. The summed E-state index contributed by atoms with van der Waals surface area (Å²) in [5.41, 5.74) is 0. The van der Waals surface area contributed by atoms with Gasteiger partial charge in [-0.1, -0.05) is 39.0 Å². The Morgan fingerprint density at radius 3 is 2.04 bits per heavy atom. The maximum atomic E-state index is 9.21. The first-order valence-corrected chi connectivity index (χ1v) is 8.50. The number of hydrogen-bond acceptors (Lipinski definition) is 4. The summed E-state index contributed by atoms with van der Waals surface area (Å²) >= 11 is 0. The Labute approximate surface area is 145 Å². The summed E-state index contributed by atoms with van der Waals surface area (Å²) in [5.74, 6) is 2.27. The lowest BCUT2D eigenvalue weighted by Crippen LogP contribution is -2.26. The van der Waals surface area contributed by atoms with Gasteiger partial charge in [-0.25, -0.2) is 0 Å². The van der Waals surface area contributed by atoms with Crippen molar-refractivity contribution in [2.75, 3.05) is 19.8 Å². The van der Waals surface area contributed by atoms with Gasteiger partial charge in [0, 0.05) is 6.61 Å². The third-order valence-electron chi connectivity index (χ3n) is 3.00. The highest BCUT2D eigenvalue weighted by molar-refractivity contribution is 5.35. The van der Waals surface area contributed by atoms with Crippen LogP contribution in [0.15, 0.2) is 54.6 Å². The van der Waals surface area contributed by atoms with Crippen LogP contribution in [0.1, 0.15) is 27.2 Å². The first kappa shape index (κ1) is 20.0. The lowest BCUT2D eigenvalue weighted by atomic mass is 10.3. The van der Waals surface area contributed by atoms with Gasteiger partial charge in [0.15, 0.2) is 0 Å². The number of aliphatic hydroxyl groups excluding tert-OH is 1. The molecule has 0 aliphatic heterocycles. The lowest BCUT2D eigenvalue weighted by Gasteiger charge is -2.16. The van der Waals surface area contributed by atoms with Crippen molar-refractivity contribution in [2.24, 2.45) is 0 Å². The molecular formula is C20H28O4. The summed E-state index contributed by atoms with van der Waals surface area (Å²) < 4.78 is 16.8. The Kier molecular flexibility index (Phi) is 10.3. The first-order valence-electron chi connectivity index (χ1n) is 8.50. The van der Waals surface area contributed by atoms with Crippen molar-refractivity contribution in [2.45, 2.75) is 33.3 Å². The molecule has 0 amide bonds. The molecule has 0 heterocycles. The van der Waals surface area contributed by atoms with Crippen LogP contribution in [0.25, 0.3) is 0 Å². The second-order valence-corrected chi connectivity index (χ2v) is 4.87. The molecule has 0 saturated heterocycles. The van der Waals surface area contributed by atoms with Crippen molar-refractivity contribution in [1.82, 2.24) is 0 Å². The molecule has 0 spiro atoms. The molecule has 2 aromatic rings. The van der Waals surface area contributed by atoms with Crippen LogP contribution in [-0.4, -0.2) is 31.0 Å². The number of benzene rings is 2. The third-order valence-corrected chi connectivity index (χ3v) is 3.00. The van der Waals surface area contributed by atoms with E-state index >= 15 is 0 Å². The highest BCUT2D eigenvalue weighted by Crippen LogP contribution is 2.23. The molecule has 0 saturated carbocycles. The molecule has 1 N–H and O–H groups in total. The Morgan fingerprint density at radius 1 is 0.875 bits per heavy atom. The monoisotopic (exact) mass is 332 g/mol. The molecule has 0 bridgehead atoms. The van der Waals surface area contributed by atoms with Crippen molar-refractivity contribution in [3.63, 3.8) is 0 Å². The molecule has 1 unspecified atom stereocenters. The molecule has 1 atom stereocenters. The molecule has 0 aliphatic rings. The summed E-state index contributed by atoms with van der Waals surface area (Å²) in [6.07, 6.45) is 0.627. The van der Waals surface area contributed by atoms with Crippen LogP contribution in [0.5, 0.6) is 17.2 Å². The summed E-state index contributed by atoms with van der Waals surface area (Å²) in [6.45, 7) is 6.93. The van der Waals surface area contributed by atoms with Gasteiger partial charge in [-0.2, -0.15) is 0 Å². The van der Waals surface area contributed by atoms with Gasteiger partial charge in [0.2, 0.25) is 0 Å². The Balaban J connectivity index is 0.00000139. The molecule has 24 heavy (non-hydrogen) atoms. The van der Waals surface area contributed by atoms with Gasteiger partial charge < -0.3 is 19.3 Å². The van der Waals surface area contributed by atoms with Crippen LogP contribution in [0.3, 0.4) is 0 Å². The number of rotatable bonds is 9. The van der Waals surface area contributed by atoms with Gasteiger partial charge >= 0.3 is 0 Å². The normalized spacial score (nSPS) is 11.2. The van der Waals surface area contributed by atoms with Crippen molar-refractivity contribution in [3.8, 4) is 17.2 Å². The van der Waals surface area contributed by atoms with Crippen LogP contribution < -0.4 is 9.47 Å². The average molecular weight is 332 g/mol. The summed E-state index contributed by atoms with van der Waals surface area (Å²) in [7, 11) is 0. The fraction of sp³-hybridized carbons (Fsp3) is 0.400. The minimum Gasteiger partial charge on any atom is -0.491 e. The van der Waals surface area contributed by atoms with Crippen LogP contribution in [0.4, 0.5) is 0 Å². The van der Waals surface area contributed by atoms with Crippen LogP contribution >= 0.6 is 0 Å². The van der Waals surface area contributed by atoms with E-state index < -0.39 is 0 Å². The first-order chi connectivity index (χ1) is 11.8. The second kappa shape index (κ2) is 12.4. The predicted molar refractivity (Wildman–Crippen MR) is 96.9 cm³/mol. The summed E-state index contributed by atoms with van der Waals surface area (Å²) in [5, 5.41) is 9.21. The summed E-state index contributed by atoms with van der Waals surface area (Å²) in [4.78, 5) is 0. The summed E-state index contributed by atoms with van der Waals surface area (Å²) in [6, 6.07) is 17.0. The third kappa shape index (κ3) is 7.49. The molecule has 2 rings (SSSR count). The molecular weight excluding hydrogens is 304 g/mol. The smallest absolute Gasteiger partial charge is 0.127 e. The number of ether oxygens (including phenoxy) is 3. The highest BCUT2D eigenvalue weighted by Gasteiger charge is 2.08. The lowest BCUT2D eigenvalue weighted by molar-refractivity contribution is -0.0132. The highest BCUT2D eigenvalue weighted by atomic mass is 16.5. The largest absolute Gasteiger partial charge is 0.491 e. The fourth-order valence-electron chi connectivity index (χ4n) is 1.86. The van der Waals surface area contributed by atoms with Crippen LogP contribution in [-0.2, 0) is 4.74 Å². The fourth-order valence-corrected chi connectivity index (χ4v) is 1.86. The maximum absolute atomic E-state index is 9.21. The molecule has 0 aromatic heterocycles. The van der Waals surface area contributed by atoms with Gasteiger partial charge in [-0.3, -0.25) is 0 Å². The van der Waals surface area contributed by atoms with Crippen molar-refractivity contribution in [3.05, 3.63) is 54.6 Å². The van der Waals surface area contributed by atoms with Crippen molar-refractivity contribution >= 4 is 0 Å². The molecule has 0 radical (unpaired) electrons. The maximum Gasteiger partial charge on any atom is 0.127 e. The van der Waals surface area contributed by atoms with Gasteiger partial charge in [-0.05, 0) is 42.8 Å². The second-order valence-electron chi connectivity index (χ2n) is 4.87. The average Bonchev–Trinajstić information content (AvgIpc) is 2.66. The molecule has 2 aromatic carbocycles.